The van der Waals surface area contributed by atoms with Gasteiger partial charge < -0.3 is 4.90 Å². The first-order chi connectivity index (χ1) is 13.1. The van der Waals surface area contributed by atoms with Crippen molar-refractivity contribution in [1.29, 1.82) is 0 Å². The molecule has 1 unspecified atom stereocenters. The molecule has 0 aliphatic carbocycles. The minimum Gasteiger partial charge on any atom is -0.345 e. The van der Waals surface area contributed by atoms with Gasteiger partial charge in [0.1, 0.15) is 5.56 Å². The lowest BCUT2D eigenvalue weighted by Gasteiger charge is -2.32. The molecule has 0 saturated carbocycles. The molecular weight excluding hydrogens is 342 g/mol. The first-order valence-electron chi connectivity index (χ1n) is 9.15. The summed E-state index contributed by atoms with van der Waals surface area (Å²) in [6.45, 7) is 2.76. The number of nitrogens with zero attached hydrogens (tertiary/aromatic N) is 7. The first-order valence-corrected chi connectivity index (χ1v) is 9.15. The predicted octanol–water partition coefficient (Wildman–Crippen LogP) is 1.60. The van der Waals surface area contributed by atoms with Crippen LogP contribution in [0.2, 0.25) is 0 Å². The van der Waals surface area contributed by atoms with Gasteiger partial charge in [0.25, 0.3) is 5.91 Å². The highest BCUT2D eigenvalue weighted by Crippen LogP contribution is 2.28. The quantitative estimate of drug-likeness (QED) is 0.699. The van der Waals surface area contributed by atoms with E-state index in [2.05, 4.69) is 25.0 Å². The predicted molar refractivity (Wildman–Crippen MR) is 100 cm³/mol. The van der Waals surface area contributed by atoms with Crippen molar-refractivity contribution in [3.8, 4) is 0 Å². The van der Waals surface area contributed by atoms with Crippen molar-refractivity contribution in [2.45, 2.75) is 25.3 Å². The van der Waals surface area contributed by atoms with Gasteiger partial charge in [0.05, 0.1) is 17.6 Å². The highest BCUT2D eigenvalue weighted by atomic mass is 16.2. The van der Waals surface area contributed by atoms with E-state index in [1.54, 1.807) is 43.8 Å². The molecule has 0 radical (unpaired) electrons. The molecule has 4 heterocycles. The van der Waals surface area contributed by atoms with E-state index >= 15 is 0 Å². The zero-order chi connectivity index (χ0) is 18.8. The topological polar surface area (TPSA) is 79.5 Å². The molecule has 3 aromatic heterocycles. The summed E-state index contributed by atoms with van der Waals surface area (Å²) in [5.41, 5.74) is 3.24. The fraction of sp³-hybridized carbons (Fsp3) is 0.421. The monoisotopic (exact) mass is 365 g/mol. The van der Waals surface area contributed by atoms with Crippen LogP contribution in [0.25, 0.3) is 5.65 Å². The SMILES string of the molecule is CN(C)C(=O)c1cnn2c(C3CCCN(Cc4cnccn4)C3)ccnc12. The molecule has 1 atom stereocenters. The van der Waals surface area contributed by atoms with Crippen LogP contribution in [-0.4, -0.2) is 67.5 Å². The standard InChI is InChI=1S/C19H23N7O/c1-24(2)19(27)16-11-23-26-17(5-6-22-18(16)26)14-4-3-9-25(12-14)13-15-10-20-7-8-21-15/h5-8,10-11,14H,3-4,9,12-13H2,1-2H3. The highest BCUT2D eigenvalue weighted by molar-refractivity contribution is 5.99. The van der Waals surface area contributed by atoms with Crippen molar-refractivity contribution in [2.24, 2.45) is 0 Å². The Labute approximate surface area is 157 Å². The Balaban J connectivity index is 1.59. The zero-order valence-electron chi connectivity index (χ0n) is 15.6. The molecule has 4 rings (SSSR count). The fourth-order valence-corrected chi connectivity index (χ4v) is 3.69. The second-order valence-corrected chi connectivity index (χ2v) is 7.13. The molecule has 140 valence electrons. The molecule has 0 spiro atoms. The molecule has 8 nitrogen and oxygen atoms in total. The normalized spacial score (nSPS) is 17.9. The number of fused-ring (bicyclic) bond motifs is 1. The molecule has 0 N–H and O–H groups in total. The minimum atomic E-state index is -0.0810. The third-order valence-electron chi connectivity index (χ3n) is 4.99. The lowest BCUT2D eigenvalue weighted by atomic mass is 9.94. The summed E-state index contributed by atoms with van der Waals surface area (Å²) in [7, 11) is 3.47. The van der Waals surface area contributed by atoms with Crippen LogP contribution < -0.4 is 0 Å². The molecule has 3 aromatic rings. The highest BCUT2D eigenvalue weighted by Gasteiger charge is 2.25. The van der Waals surface area contributed by atoms with E-state index in [1.807, 2.05) is 16.8 Å². The largest absolute Gasteiger partial charge is 0.345 e. The number of hydrogen-bond donors (Lipinski definition) is 0. The van der Waals surface area contributed by atoms with E-state index in [4.69, 9.17) is 0 Å². The maximum absolute atomic E-state index is 12.4. The van der Waals surface area contributed by atoms with Crippen molar-refractivity contribution in [3.05, 3.63) is 54.0 Å². The number of carbonyl (C=O) groups excluding carboxylic acids is 1. The van der Waals surface area contributed by atoms with Gasteiger partial charge in [0, 0.05) is 57.9 Å². The van der Waals surface area contributed by atoms with Crippen LogP contribution in [-0.2, 0) is 6.54 Å². The van der Waals surface area contributed by atoms with Gasteiger partial charge in [0.2, 0.25) is 0 Å². The first kappa shape index (κ1) is 17.5. The molecule has 1 fully saturated rings. The summed E-state index contributed by atoms with van der Waals surface area (Å²) >= 11 is 0. The van der Waals surface area contributed by atoms with Gasteiger partial charge >= 0.3 is 0 Å². The third kappa shape index (κ3) is 3.52. The minimum absolute atomic E-state index is 0.0810. The molecule has 8 heteroatoms. The lowest BCUT2D eigenvalue weighted by molar-refractivity contribution is 0.0829. The van der Waals surface area contributed by atoms with Crippen molar-refractivity contribution < 1.29 is 4.79 Å². The number of hydrogen-bond acceptors (Lipinski definition) is 6. The smallest absolute Gasteiger partial charge is 0.258 e. The van der Waals surface area contributed by atoms with E-state index in [9.17, 15) is 4.79 Å². The van der Waals surface area contributed by atoms with E-state index < -0.39 is 0 Å². The molecule has 27 heavy (non-hydrogen) atoms. The molecule has 1 amide bonds. The molecule has 1 aliphatic rings. The summed E-state index contributed by atoms with van der Waals surface area (Å²) < 4.78 is 1.83. The van der Waals surface area contributed by atoms with Crippen LogP contribution >= 0.6 is 0 Å². The van der Waals surface area contributed by atoms with Gasteiger partial charge in [-0.1, -0.05) is 0 Å². The summed E-state index contributed by atoms with van der Waals surface area (Å²) in [6.07, 6.45) is 10.8. The Hall–Kier alpha value is -2.87. The Kier molecular flexibility index (Phi) is 4.81. The number of amides is 1. The van der Waals surface area contributed by atoms with Crippen LogP contribution in [0.5, 0.6) is 0 Å². The van der Waals surface area contributed by atoms with E-state index in [-0.39, 0.29) is 5.91 Å². The van der Waals surface area contributed by atoms with Gasteiger partial charge in [0.15, 0.2) is 5.65 Å². The number of aromatic nitrogens is 5. The van der Waals surface area contributed by atoms with E-state index in [0.29, 0.717) is 17.1 Å². The zero-order valence-corrected chi connectivity index (χ0v) is 15.6. The van der Waals surface area contributed by atoms with Crippen LogP contribution in [0.15, 0.2) is 37.1 Å². The molecule has 0 bridgehead atoms. The Bertz CT molecular complexity index is 938. The van der Waals surface area contributed by atoms with E-state index in [0.717, 1.165) is 43.9 Å². The number of carbonyl (C=O) groups is 1. The van der Waals surface area contributed by atoms with Gasteiger partial charge in [-0.05, 0) is 25.5 Å². The van der Waals surface area contributed by atoms with Crippen molar-refractivity contribution in [1.82, 2.24) is 34.4 Å². The number of likely N-dealkylation sites (tertiary alicyclic amines) is 1. The summed E-state index contributed by atoms with van der Waals surface area (Å²) in [4.78, 5) is 29.3. The molecule has 0 aromatic carbocycles. The third-order valence-corrected chi connectivity index (χ3v) is 4.99. The van der Waals surface area contributed by atoms with Crippen molar-refractivity contribution in [2.75, 3.05) is 27.2 Å². The lowest BCUT2D eigenvalue weighted by Crippen LogP contribution is -2.34. The molecular formula is C19H23N7O. The number of rotatable bonds is 4. The van der Waals surface area contributed by atoms with Gasteiger partial charge in [-0.25, -0.2) is 9.50 Å². The maximum Gasteiger partial charge on any atom is 0.258 e. The van der Waals surface area contributed by atoms with Crippen LogP contribution in [0.1, 0.15) is 40.5 Å². The van der Waals surface area contributed by atoms with E-state index in [1.165, 1.54) is 0 Å². The van der Waals surface area contributed by atoms with Crippen LogP contribution in [0, 0.1) is 0 Å². The van der Waals surface area contributed by atoms with Crippen molar-refractivity contribution >= 4 is 11.6 Å². The fourth-order valence-electron chi connectivity index (χ4n) is 3.69. The second-order valence-electron chi connectivity index (χ2n) is 7.13. The number of piperidine rings is 1. The van der Waals surface area contributed by atoms with Crippen LogP contribution in [0.3, 0.4) is 0 Å². The molecule has 1 aliphatic heterocycles. The second kappa shape index (κ2) is 7.40. The van der Waals surface area contributed by atoms with Gasteiger partial charge in [-0.15, -0.1) is 0 Å². The van der Waals surface area contributed by atoms with Crippen LogP contribution in [0.4, 0.5) is 0 Å². The van der Waals surface area contributed by atoms with Gasteiger partial charge in [-0.3, -0.25) is 19.7 Å². The van der Waals surface area contributed by atoms with Gasteiger partial charge in [-0.2, -0.15) is 5.10 Å². The maximum atomic E-state index is 12.4. The summed E-state index contributed by atoms with van der Waals surface area (Å²) in [6, 6.07) is 2.01. The summed E-state index contributed by atoms with van der Waals surface area (Å²) in [5, 5.41) is 4.47. The summed E-state index contributed by atoms with van der Waals surface area (Å²) in [5.74, 6) is 0.255. The Morgan fingerprint density at radius 1 is 1.22 bits per heavy atom. The average Bonchev–Trinajstić information content (AvgIpc) is 3.12. The van der Waals surface area contributed by atoms with Crippen molar-refractivity contribution in [3.63, 3.8) is 0 Å². The average molecular weight is 365 g/mol. The Morgan fingerprint density at radius 2 is 2.11 bits per heavy atom. The Morgan fingerprint density at radius 3 is 2.89 bits per heavy atom. The molecule has 1 saturated heterocycles.